The normalized spacial score (nSPS) is 17.8. The number of nitrogens with zero attached hydrogens (tertiary/aromatic N) is 2. The van der Waals surface area contributed by atoms with E-state index in [1.807, 2.05) is 12.4 Å². The van der Waals surface area contributed by atoms with Crippen LogP contribution >= 0.6 is 0 Å². The molecule has 2 atom stereocenters. The summed E-state index contributed by atoms with van der Waals surface area (Å²) >= 11 is 0. The van der Waals surface area contributed by atoms with E-state index >= 15 is 0 Å². The fourth-order valence-electron chi connectivity index (χ4n) is 5.31. The predicted molar refractivity (Wildman–Crippen MR) is 172 cm³/mol. The molecule has 0 amide bonds. The van der Waals surface area contributed by atoms with Crippen molar-refractivity contribution >= 4 is 12.4 Å². The second-order valence-electron chi connectivity index (χ2n) is 15.9. The van der Waals surface area contributed by atoms with E-state index in [1.54, 1.807) is 0 Å². The molecule has 1 aliphatic rings. The molecule has 2 N–H and O–H groups in total. The summed E-state index contributed by atoms with van der Waals surface area (Å²) in [6.07, 6.45) is 7.90. The quantitative estimate of drug-likeness (QED) is 0.352. The van der Waals surface area contributed by atoms with E-state index in [4.69, 9.17) is 9.98 Å². The zero-order valence-electron chi connectivity index (χ0n) is 28.7. The Morgan fingerprint density at radius 2 is 0.841 bits per heavy atom. The third-order valence-electron chi connectivity index (χ3n) is 8.13. The SMILES string of the molecule is CC(C)(C)c1cc(C=N[C@H]2CCCC[C@@H]2N=Cc2cc(C(C)(C)C)cc(C(C)(C)C)c2O)c(O)c(C(C)(C)C)c1.[Cl-].[Cl-].[Cl-].[Mn+3]. The molecule has 44 heavy (non-hydrogen) atoms. The van der Waals surface area contributed by atoms with E-state index in [1.165, 1.54) is 11.1 Å². The first-order valence-corrected chi connectivity index (χ1v) is 15.0. The van der Waals surface area contributed by atoms with E-state index in [2.05, 4.69) is 107 Å². The van der Waals surface area contributed by atoms with Gasteiger partial charge in [-0.15, -0.1) is 0 Å². The molecule has 1 fully saturated rings. The minimum absolute atomic E-state index is 0. The molecular weight excluding hydrogens is 654 g/mol. The maximum absolute atomic E-state index is 11.2. The number of hydrogen-bond acceptors (Lipinski definition) is 4. The van der Waals surface area contributed by atoms with Crippen molar-refractivity contribution < 1.29 is 64.5 Å². The molecule has 0 bridgehead atoms. The van der Waals surface area contributed by atoms with E-state index in [0.29, 0.717) is 11.5 Å². The second kappa shape index (κ2) is 16.5. The van der Waals surface area contributed by atoms with Gasteiger partial charge in [0.15, 0.2) is 0 Å². The molecule has 248 valence electrons. The second-order valence-corrected chi connectivity index (χ2v) is 15.9. The molecule has 3 rings (SSSR count). The zero-order chi connectivity index (χ0) is 30.3. The van der Waals surface area contributed by atoms with Crippen molar-refractivity contribution in [2.75, 3.05) is 0 Å². The topological polar surface area (TPSA) is 65.2 Å². The fourth-order valence-corrected chi connectivity index (χ4v) is 5.31. The maximum atomic E-state index is 11.2. The van der Waals surface area contributed by atoms with Crippen molar-refractivity contribution in [1.82, 2.24) is 0 Å². The van der Waals surface area contributed by atoms with Crippen molar-refractivity contribution in [1.29, 1.82) is 0 Å². The van der Waals surface area contributed by atoms with Crippen molar-refractivity contribution in [3.63, 3.8) is 0 Å². The Morgan fingerprint density at radius 3 is 1.09 bits per heavy atom. The molecule has 0 heterocycles. The summed E-state index contributed by atoms with van der Waals surface area (Å²) in [5.74, 6) is 0.637. The third-order valence-corrected chi connectivity index (χ3v) is 8.13. The van der Waals surface area contributed by atoms with Gasteiger partial charge in [-0.3, -0.25) is 9.98 Å². The Kier molecular flexibility index (Phi) is 16.9. The van der Waals surface area contributed by atoms with E-state index in [-0.39, 0.29) is 88.0 Å². The Labute approximate surface area is 297 Å². The van der Waals surface area contributed by atoms with E-state index in [0.717, 1.165) is 47.9 Å². The summed E-state index contributed by atoms with van der Waals surface area (Å²) in [5.41, 5.74) is 5.39. The van der Waals surface area contributed by atoms with Crippen LogP contribution in [0, 0.1) is 0 Å². The van der Waals surface area contributed by atoms with E-state index in [9.17, 15) is 10.2 Å². The van der Waals surface area contributed by atoms with Crippen LogP contribution in [0.25, 0.3) is 0 Å². The van der Waals surface area contributed by atoms with Crippen LogP contribution in [-0.4, -0.2) is 34.7 Å². The van der Waals surface area contributed by atoms with Crippen LogP contribution in [-0.2, 0) is 38.7 Å². The summed E-state index contributed by atoms with van der Waals surface area (Å²) < 4.78 is 0. The molecule has 0 unspecified atom stereocenters. The Bertz CT molecular complexity index is 1180. The van der Waals surface area contributed by atoms with Gasteiger partial charge in [0.25, 0.3) is 0 Å². The number of rotatable bonds is 4. The van der Waals surface area contributed by atoms with Gasteiger partial charge in [-0.2, -0.15) is 0 Å². The van der Waals surface area contributed by atoms with Gasteiger partial charge in [-0.25, -0.2) is 0 Å². The molecular formula is C36H54Cl3MnN2O2. The number of benzene rings is 2. The van der Waals surface area contributed by atoms with Gasteiger partial charge >= 0.3 is 17.1 Å². The molecule has 0 spiro atoms. The molecule has 4 nitrogen and oxygen atoms in total. The smallest absolute Gasteiger partial charge is 1.00 e. The molecule has 1 saturated carbocycles. The predicted octanol–water partition coefficient (Wildman–Crippen LogP) is 0.147. The minimum Gasteiger partial charge on any atom is -1.00 e. The van der Waals surface area contributed by atoms with Crippen LogP contribution in [0.15, 0.2) is 34.3 Å². The van der Waals surface area contributed by atoms with Crippen LogP contribution in [0.1, 0.15) is 142 Å². The van der Waals surface area contributed by atoms with Gasteiger partial charge in [0.05, 0.1) is 12.1 Å². The summed E-state index contributed by atoms with van der Waals surface area (Å²) in [6, 6.07) is 8.53. The Balaban J connectivity index is 0. The van der Waals surface area contributed by atoms with Crippen LogP contribution in [0.2, 0.25) is 0 Å². The standard InChI is InChI=1S/C36H54N2O2.3ClH.Mn/c1-33(2,3)25-17-23(31(39)27(19-25)35(7,8)9)21-37-29-15-13-14-16-30(29)38-22-24-18-26(34(4,5)6)20-28(32(24)40)36(10,11)12;;;;/h17-22,29-30,39-40H,13-16H2,1-12H3;3*1H;/q;;;;+3/p-3/t29-,30-;;;;/m0..../s1. The average Bonchev–Trinajstić information content (AvgIpc) is 2.80. The van der Waals surface area contributed by atoms with Crippen LogP contribution < -0.4 is 37.2 Å². The molecule has 1 aliphatic carbocycles. The molecule has 0 radical (unpaired) electrons. The van der Waals surface area contributed by atoms with Gasteiger partial charge in [0.1, 0.15) is 11.5 Å². The summed E-state index contributed by atoms with van der Waals surface area (Å²) in [6.45, 7) is 26.0. The van der Waals surface area contributed by atoms with Crippen LogP contribution in [0.4, 0.5) is 0 Å². The number of aliphatic imine (C=N–C) groups is 2. The van der Waals surface area contributed by atoms with Crippen molar-refractivity contribution in [3.8, 4) is 11.5 Å². The van der Waals surface area contributed by atoms with Crippen molar-refractivity contribution in [2.45, 2.75) is 143 Å². The number of phenolic OH excluding ortho intramolecular Hbond substituents is 2. The van der Waals surface area contributed by atoms with E-state index < -0.39 is 0 Å². The first-order chi connectivity index (χ1) is 18.2. The summed E-state index contributed by atoms with van der Waals surface area (Å²) in [4.78, 5) is 10.1. The number of hydrogen-bond donors (Lipinski definition) is 2. The fraction of sp³-hybridized carbons (Fsp3) is 0.611. The Hall–Kier alpha value is -1.23. The third kappa shape index (κ3) is 11.2. The zero-order valence-corrected chi connectivity index (χ0v) is 32.2. The monoisotopic (exact) mass is 706 g/mol. The first kappa shape index (κ1) is 44.9. The number of phenols is 2. The molecule has 8 heteroatoms. The summed E-state index contributed by atoms with van der Waals surface area (Å²) in [5, 5.41) is 22.5. The van der Waals surface area contributed by atoms with Gasteiger partial charge in [-0.1, -0.05) is 108 Å². The number of halogens is 3. The molecule has 0 saturated heterocycles. The first-order valence-electron chi connectivity index (χ1n) is 15.0. The van der Waals surface area contributed by atoms with Crippen LogP contribution in [0.3, 0.4) is 0 Å². The minimum atomic E-state index is -0.179. The molecule has 2 aromatic carbocycles. The van der Waals surface area contributed by atoms with Gasteiger partial charge in [0, 0.05) is 34.7 Å². The Morgan fingerprint density at radius 1 is 0.545 bits per heavy atom. The maximum Gasteiger partial charge on any atom is 3.00 e. The largest absolute Gasteiger partial charge is 3.00 e. The molecule has 0 aliphatic heterocycles. The summed E-state index contributed by atoms with van der Waals surface area (Å²) in [7, 11) is 0. The number of aromatic hydroxyl groups is 2. The van der Waals surface area contributed by atoms with Crippen molar-refractivity contribution in [3.05, 3.63) is 57.6 Å². The van der Waals surface area contributed by atoms with Gasteiger partial charge < -0.3 is 47.4 Å². The van der Waals surface area contributed by atoms with Gasteiger partial charge in [-0.05, 0) is 57.8 Å². The molecule has 0 aromatic heterocycles. The van der Waals surface area contributed by atoms with Gasteiger partial charge in [0.2, 0.25) is 0 Å². The molecule has 2 aromatic rings. The van der Waals surface area contributed by atoms with Crippen LogP contribution in [0.5, 0.6) is 11.5 Å². The van der Waals surface area contributed by atoms with Crippen molar-refractivity contribution in [2.24, 2.45) is 9.98 Å². The average molecular weight is 708 g/mol.